The molecule has 0 amide bonds. The number of aromatic nitrogens is 1. The molecule has 1 aromatic heterocycles. The maximum Gasteiger partial charge on any atom is 0.338 e. The van der Waals surface area contributed by atoms with Crippen LogP contribution in [0.25, 0.3) is 0 Å². The molecule has 0 spiro atoms. The van der Waals surface area contributed by atoms with E-state index >= 15 is 0 Å². The molecule has 32 heavy (non-hydrogen) atoms. The Morgan fingerprint density at radius 2 is 1.75 bits per heavy atom. The summed E-state index contributed by atoms with van der Waals surface area (Å²) in [5.74, 6) is 0.0858. The van der Waals surface area contributed by atoms with Gasteiger partial charge in [-0.05, 0) is 61.9 Å². The maximum atomic E-state index is 12.7. The smallest absolute Gasteiger partial charge is 0.338 e. The van der Waals surface area contributed by atoms with Crippen molar-refractivity contribution in [3.8, 4) is 5.75 Å². The first kappa shape index (κ1) is 23.4. The Kier molecular flexibility index (Phi) is 7.61. The maximum absolute atomic E-state index is 12.7. The highest BCUT2D eigenvalue weighted by Crippen LogP contribution is 2.19. The molecule has 3 rings (SSSR count). The van der Waals surface area contributed by atoms with Gasteiger partial charge in [-0.3, -0.25) is 4.98 Å². The standard InChI is InChI=1S/C24H26N2O5S/c1-18(2)26(3)32(28,29)23-9-6-7-20(15-23)24(27)31-16-19-10-12-22(13-11-19)30-17-21-8-4-5-14-25-21/h4-15,18H,16-17H2,1-3H3. The summed E-state index contributed by atoms with van der Waals surface area (Å²) in [6, 6.07) is 18.5. The van der Waals surface area contributed by atoms with E-state index in [0.717, 1.165) is 11.3 Å². The lowest BCUT2D eigenvalue weighted by Gasteiger charge is -2.21. The molecule has 0 saturated carbocycles. The van der Waals surface area contributed by atoms with Crippen molar-refractivity contribution in [1.29, 1.82) is 0 Å². The molecule has 0 N–H and O–H groups in total. The molecule has 0 fully saturated rings. The number of carbonyl (C=O) groups excluding carboxylic acids is 1. The first-order valence-corrected chi connectivity index (χ1v) is 11.6. The Bertz CT molecular complexity index is 1150. The van der Waals surface area contributed by atoms with Gasteiger partial charge in [0.25, 0.3) is 0 Å². The Labute approximate surface area is 188 Å². The van der Waals surface area contributed by atoms with Gasteiger partial charge in [-0.15, -0.1) is 0 Å². The van der Waals surface area contributed by atoms with E-state index < -0.39 is 16.0 Å². The molecule has 0 unspecified atom stereocenters. The number of rotatable bonds is 9. The van der Waals surface area contributed by atoms with Crippen LogP contribution in [0.2, 0.25) is 0 Å². The first-order chi connectivity index (χ1) is 15.3. The Hall–Kier alpha value is -3.23. The van der Waals surface area contributed by atoms with Gasteiger partial charge >= 0.3 is 5.97 Å². The molecule has 0 radical (unpaired) electrons. The lowest BCUT2D eigenvalue weighted by molar-refractivity contribution is 0.0472. The second kappa shape index (κ2) is 10.4. The number of hydrogen-bond acceptors (Lipinski definition) is 6. The van der Waals surface area contributed by atoms with Gasteiger partial charge < -0.3 is 9.47 Å². The minimum atomic E-state index is -3.68. The van der Waals surface area contributed by atoms with Crippen LogP contribution in [0.4, 0.5) is 0 Å². The molecule has 0 bridgehead atoms. The number of pyridine rings is 1. The van der Waals surface area contributed by atoms with Gasteiger partial charge in [-0.2, -0.15) is 4.31 Å². The molecule has 0 aliphatic carbocycles. The fraction of sp³-hybridized carbons (Fsp3) is 0.250. The van der Waals surface area contributed by atoms with Crippen LogP contribution in [0.5, 0.6) is 5.75 Å². The Morgan fingerprint density at radius 3 is 2.41 bits per heavy atom. The minimum Gasteiger partial charge on any atom is -0.487 e. The van der Waals surface area contributed by atoms with E-state index in [1.165, 1.54) is 35.6 Å². The number of ether oxygens (including phenoxy) is 2. The highest BCUT2D eigenvalue weighted by molar-refractivity contribution is 7.89. The molecule has 3 aromatic rings. The normalized spacial score (nSPS) is 11.5. The quantitative estimate of drug-likeness (QED) is 0.454. The molecule has 0 saturated heterocycles. The van der Waals surface area contributed by atoms with Crippen LogP contribution in [0.3, 0.4) is 0 Å². The second-order valence-corrected chi connectivity index (χ2v) is 9.47. The van der Waals surface area contributed by atoms with Crippen LogP contribution in [0.1, 0.15) is 35.5 Å². The molecule has 0 atom stereocenters. The fourth-order valence-corrected chi connectivity index (χ4v) is 4.20. The molecule has 0 aliphatic heterocycles. The molecule has 2 aromatic carbocycles. The average molecular weight is 455 g/mol. The third kappa shape index (κ3) is 5.93. The van der Waals surface area contributed by atoms with Crippen molar-refractivity contribution in [2.75, 3.05) is 7.05 Å². The van der Waals surface area contributed by atoms with Crippen LogP contribution in [0.15, 0.2) is 77.8 Å². The van der Waals surface area contributed by atoms with Crippen LogP contribution in [-0.2, 0) is 28.0 Å². The van der Waals surface area contributed by atoms with Crippen molar-refractivity contribution in [2.24, 2.45) is 0 Å². The number of hydrogen-bond donors (Lipinski definition) is 0. The molecule has 1 heterocycles. The zero-order valence-electron chi connectivity index (χ0n) is 18.3. The third-order valence-corrected chi connectivity index (χ3v) is 6.91. The zero-order valence-corrected chi connectivity index (χ0v) is 19.1. The molecular formula is C24H26N2O5S. The van der Waals surface area contributed by atoms with Gasteiger partial charge in [0.1, 0.15) is 19.0 Å². The summed E-state index contributed by atoms with van der Waals surface area (Å²) in [5.41, 5.74) is 1.79. The molecular weight excluding hydrogens is 428 g/mol. The summed E-state index contributed by atoms with van der Waals surface area (Å²) in [5, 5.41) is 0. The summed E-state index contributed by atoms with van der Waals surface area (Å²) < 4.78 is 37.6. The second-order valence-electron chi connectivity index (χ2n) is 7.47. The van der Waals surface area contributed by atoms with E-state index in [-0.39, 0.29) is 23.1 Å². The molecule has 168 valence electrons. The number of sulfonamides is 1. The largest absolute Gasteiger partial charge is 0.487 e. The number of nitrogens with zero attached hydrogens (tertiary/aromatic N) is 2. The van der Waals surface area contributed by atoms with Crippen LogP contribution < -0.4 is 4.74 Å². The summed E-state index contributed by atoms with van der Waals surface area (Å²) >= 11 is 0. The SMILES string of the molecule is CC(C)N(C)S(=O)(=O)c1cccc(C(=O)OCc2ccc(OCc3ccccn3)cc2)c1. The third-order valence-electron chi connectivity index (χ3n) is 4.88. The van der Waals surface area contributed by atoms with E-state index in [9.17, 15) is 13.2 Å². The van der Waals surface area contributed by atoms with Crippen LogP contribution in [0, 0.1) is 0 Å². The monoisotopic (exact) mass is 454 g/mol. The minimum absolute atomic E-state index is 0.0533. The highest BCUT2D eigenvalue weighted by atomic mass is 32.2. The Balaban J connectivity index is 1.59. The van der Waals surface area contributed by atoms with E-state index in [1.807, 2.05) is 18.2 Å². The summed E-state index contributed by atoms with van der Waals surface area (Å²) in [4.78, 5) is 16.7. The molecule has 8 heteroatoms. The summed E-state index contributed by atoms with van der Waals surface area (Å²) in [6.07, 6.45) is 1.71. The van der Waals surface area contributed by atoms with Gasteiger partial charge in [0.05, 0.1) is 16.2 Å². The summed E-state index contributed by atoms with van der Waals surface area (Å²) in [6.45, 7) is 3.98. The van der Waals surface area contributed by atoms with Gasteiger partial charge in [-0.25, -0.2) is 13.2 Å². The van der Waals surface area contributed by atoms with Gasteiger partial charge in [0, 0.05) is 19.3 Å². The van der Waals surface area contributed by atoms with Crippen molar-refractivity contribution in [3.05, 3.63) is 89.7 Å². The van der Waals surface area contributed by atoms with E-state index in [1.54, 1.807) is 44.3 Å². The summed E-state index contributed by atoms with van der Waals surface area (Å²) in [7, 11) is -2.18. The van der Waals surface area contributed by atoms with E-state index in [0.29, 0.717) is 12.4 Å². The van der Waals surface area contributed by atoms with Crippen LogP contribution in [-0.4, -0.2) is 36.8 Å². The van der Waals surface area contributed by atoms with Crippen molar-refractivity contribution >= 4 is 16.0 Å². The van der Waals surface area contributed by atoms with Gasteiger partial charge in [-0.1, -0.05) is 24.3 Å². The number of benzene rings is 2. The predicted molar refractivity (Wildman–Crippen MR) is 121 cm³/mol. The average Bonchev–Trinajstić information content (AvgIpc) is 2.82. The van der Waals surface area contributed by atoms with E-state index in [4.69, 9.17) is 9.47 Å². The zero-order chi connectivity index (χ0) is 23.1. The topological polar surface area (TPSA) is 85.8 Å². The Morgan fingerprint density at radius 1 is 1.00 bits per heavy atom. The van der Waals surface area contributed by atoms with Gasteiger partial charge in [0.15, 0.2) is 0 Å². The highest BCUT2D eigenvalue weighted by Gasteiger charge is 2.24. The predicted octanol–water partition coefficient (Wildman–Crippen LogP) is 4.05. The molecule has 7 nitrogen and oxygen atoms in total. The van der Waals surface area contributed by atoms with Crippen LogP contribution >= 0.6 is 0 Å². The van der Waals surface area contributed by atoms with Crippen molar-refractivity contribution in [1.82, 2.24) is 9.29 Å². The lowest BCUT2D eigenvalue weighted by atomic mass is 10.2. The number of carbonyl (C=O) groups is 1. The van der Waals surface area contributed by atoms with Gasteiger partial charge in [0.2, 0.25) is 10.0 Å². The fourth-order valence-electron chi connectivity index (χ4n) is 2.78. The van der Waals surface area contributed by atoms with E-state index in [2.05, 4.69) is 4.98 Å². The lowest BCUT2D eigenvalue weighted by Crippen LogP contribution is -2.33. The van der Waals surface area contributed by atoms with Crippen molar-refractivity contribution in [3.63, 3.8) is 0 Å². The van der Waals surface area contributed by atoms with Crippen molar-refractivity contribution < 1.29 is 22.7 Å². The van der Waals surface area contributed by atoms with Crippen molar-refractivity contribution in [2.45, 2.75) is 38.0 Å². The molecule has 0 aliphatic rings. The number of esters is 1. The first-order valence-electron chi connectivity index (χ1n) is 10.1.